The summed E-state index contributed by atoms with van der Waals surface area (Å²) in [5, 5.41) is 2.74. The van der Waals surface area contributed by atoms with Gasteiger partial charge in [0.15, 0.2) is 0 Å². The second-order valence-electron chi connectivity index (χ2n) is 4.63. The van der Waals surface area contributed by atoms with Gasteiger partial charge in [-0.05, 0) is 42.5 Å². The number of carbonyl (C=O) groups is 1. The van der Waals surface area contributed by atoms with Crippen LogP contribution in [0.15, 0.2) is 70.6 Å². The maximum Gasteiger partial charge on any atom is 0.255 e. The van der Waals surface area contributed by atoms with Gasteiger partial charge < -0.3 is 5.32 Å². The van der Waals surface area contributed by atoms with E-state index in [0.29, 0.717) is 11.3 Å². The topological polar surface area (TPSA) is 75.3 Å². The van der Waals surface area contributed by atoms with Crippen molar-refractivity contribution in [1.29, 1.82) is 0 Å². The van der Waals surface area contributed by atoms with Gasteiger partial charge in [0.25, 0.3) is 5.91 Å². The SMILES string of the molecule is C=CCNS(=O)(=O)c1ccc(C(=O)Nc2cccc(Br)c2)cc1. The Kier molecular flexibility index (Phi) is 5.70. The first-order valence-electron chi connectivity index (χ1n) is 6.70. The lowest BCUT2D eigenvalue weighted by Gasteiger charge is -2.07. The summed E-state index contributed by atoms with van der Waals surface area (Å²) in [5.74, 6) is -0.314. The average Bonchev–Trinajstić information content (AvgIpc) is 2.53. The van der Waals surface area contributed by atoms with Gasteiger partial charge in [-0.1, -0.05) is 28.1 Å². The molecule has 0 bridgehead atoms. The second kappa shape index (κ2) is 7.54. The number of anilines is 1. The molecule has 0 unspecified atom stereocenters. The molecule has 0 aliphatic rings. The molecule has 0 aliphatic carbocycles. The lowest BCUT2D eigenvalue weighted by atomic mass is 10.2. The minimum Gasteiger partial charge on any atom is -0.322 e. The Morgan fingerprint density at radius 1 is 1.17 bits per heavy atom. The zero-order chi connectivity index (χ0) is 16.9. The van der Waals surface area contributed by atoms with Gasteiger partial charge in [0, 0.05) is 22.3 Å². The van der Waals surface area contributed by atoms with Crippen LogP contribution in [-0.4, -0.2) is 20.9 Å². The number of rotatable bonds is 6. The van der Waals surface area contributed by atoms with E-state index >= 15 is 0 Å². The van der Waals surface area contributed by atoms with Crippen molar-refractivity contribution in [2.45, 2.75) is 4.90 Å². The Balaban J connectivity index is 2.13. The third-order valence-corrected chi connectivity index (χ3v) is 4.86. The van der Waals surface area contributed by atoms with Crippen molar-refractivity contribution in [3.05, 3.63) is 71.2 Å². The minimum atomic E-state index is -3.59. The average molecular weight is 395 g/mol. The van der Waals surface area contributed by atoms with E-state index in [1.54, 1.807) is 18.2 Å². The van der Waals surface area contributed by atoms with Crippen molar-refractivity contribution in [3.63, 3.8) is 0 Å². The number of halogens is 1. The zero-order valence-corrected chi connectivity index (χ0v) is 14.5. The van der Waals surface area contributed by atoms with E-state index in [-0.39, 0.29) is 17.3 Å². The molecule has 120 valence electrons. The van der Waals surface area contributed by atoms with Gasteiger partial charge in [0.2, 0.25) is 10.0 Å². The van der Waals surface area contributed by atoms with Crippen LogP contribution in [0.25, 0.3) is 0 Å². The molecule has 2 rings (SSSR count). The van der Waals surface area contributed by atoms with E-state index in [9.17, 15) is 13.2 Å². The lowest BCUT2D eigenvalue weighted by Crippen LogP contribution is -2.23. The number of hydrogen-bond acceptors (Lipinski definition) is 3. The summed E-state index contributed by atoms with van der Waals surface area (Å²) >= 11 is 3.33. The molecule has 2 N–H and O–H groups in total. The van der Waals surface area contributed by atoms with E-state index in [2.05, 4.69) is 32.5 Å². The van der Waals surface area contributed by atoms with Crippen LogP contribution in [0.2, 0.25) is 0 Å². The van der Waals surface area contributed by atoms with E-state index in [0.717, 1.165) is 4.47 Å². The van der Waals surface area contributed by atoms with Crippen LogP contribution in [0.3, 0.4) is 0 Å². The standard InChI is InChI=1S/C16H15BrN2O3S/c1-2-10-18-23(21,22)15-8-6-12(7-9-15)16(20)19-14-5-3-4-13(17)11-14/h2-9,11,18H,1,10H2,(H,19,20). The molecule has 5 nitrogen and oxygen atoms in total. The molecule has 2 aromatic carbocycles. The number of sulfonamides is 1. The lowest BCUT2D eigenvalue weighted by molar-refractivity contribution is 0.102. The first-order chi connectivity index (χ1) is 10.9. The number of hydrogen-bond donors (Lipinski definition) is 2. The Bertz CT molecular complexity index is 817. The van der Waals surface area contributed by atoms with E-state index in [1.165, 1.54) is 30.3 Å². The molecule has 0 saturated carbocycles. The molecule has 0 aliphatic heterocycles. The molecule has 0 fully saturated rings. The van der Waals surface area contributed by atoms with E-state index in [4.69, 9.17) is 0 Å². The molecule has 1 amide bonds. The van der Waals surface area contributed by atoms with Crippen LogP contribution >= 0.6 is 15.9 Å². The maximum absolute atomic E-state index is 12.2. The van der Waals surface area contributed by atoms with E-state index < -0.39 is 10.0 Å². The Morgan fingerprint density at radius 2 is 1.87 bits per heavy atom. The number of nitrogens with one attached hydrogen (secondary N) is 2. The third-order valence-electron chi connectivity index (χ3n) is 2.93. The van der Waals surface area contributed by atoms with Crippen molar-refractivity contribution in [2.75, 3.05) is 11.9 Å². The summed E-state index contributed by atoms with van der Waals surface area (Å²) in [6, 6.07) is 12.9. The Hall–Kier alpha value is -1.96. The first kappa shape index (κ1) is 17.4. The highest BCUT2D eigenvalue weighted by Crippen LogP contribution is 2.17. The number of amides is 1. The molecule has 7 heteroatoms. The Morgan fingerprint density at radius 3 is 2.48 bits per heavy atom. The summed E-state index contributed by atoms with van der Waals surface area (Å²) in [7, 11) is -3.59. The summed E-state index contributed by atoms with van der Waals surface area (Å²) in [6.07, 6.45) is 1.46. The van der Waals surface area contributed by atoms with Crippen LogP contribution in [0.1, 0.15) is 10.4 Å². The highest BCUT2D eigenvalue weighted by atomic mass is 79.9. The molecule has 0 atom stereocenters. The fourth-order valence-electron chi connectivity index (χ4n) is 1.81. The smallest absolute Gasteiger partial charge is 0.255 e. The predicted molar refractivity (Wildman–Crippen MR) is 93.9 cm³/mol. The van der Waals surface area contributed by atoms with Crippen molar-refractivity contribution in [2.24, 2.45) is 0 Å². The summed E-state index contributed by atoms with van der Waals surface area (Å²) in [6.45, 7) is 3.60. The molecular weight excluding hydrogens is 380 g/mol. The molecule has 0 aromatic heterocycles. The summed E-state index contributed by atoms with van der Waals surface area (Å²) in [5.41, 5.74) is 1.02. The van der Waals surface area contributed by atoms with Gasteiger partial charge in [0.05, 0.1) is 4.90 Å². The predicted octanol–water partition coefficient (Wildman–Crippen LogP) is 3.17. The van der Waals surface area contributed by atoms with E-state index in [1.807, 2.05) is 6.07 Å². The van der Waals surface area contributed by atoms with Gasteiger partial charge in [0.1, 0.15) is 0 Å². The van der Waals surface area contributed by atoms with Gasteiger partial charge >= 0.3 is 0 Å². The molecule has 0 saturated heterocycles. The number of carbonyl (C=O) groups excluding carboxylic acids is 1. The molecule has 0 heterocycles. The van der Waals surface area contributed by atoms with Crippen molar-refractivity contribution >= 4 is 37.5 Å². The molecule has 0 radical (unpaired) electrons. The molecule has 0 spiro atoms. The molecule has 23 heavy (non-hydrogen) atoms. The zero-order valence-electron chi connectivity index (χ0n) is 12.1. The molecule has 2 aromatic rings. The van der Waals surface area contributed by atoms with Crippen LogP contribution in [0, 0.1) is 0 Å². The van der Waals surface area contributed by atoms with Crippen LogP contribution < -0.4 is 10.0 Å². The van der Waals surface area contributed by atoms with Gasteiger partial charge in [-0.3, -0.25) is 4.79 Å². The van der Waals surface area contributed by atoms with Gasteiger partial charge in [-0.15, -0.1) is 6.58 Å². The van der Waals surface area contributed by atoms with Gasteiger partial charge in [-0.2, -0.15) is 0 Å². The first-order valence-corrected chi connectivity index (χ1v) is 8.97. The normalized spacial score (nSPS) is 11.0. The second-order valence-corrected chi connectivity index (χ2v) is 7.31. The largest absolute Gasteiger partial charge is 0.322 e. The summed E-state index contributed by atoms with van der Waals surface area (Å²) < 4.78 is 27.1. The van der Waals surface area contributed by atoms with Crippen LogP contribution in [-0.2, 0) is 10.0 Å². The van der Waals surface area contributed by atoms with Crippen LogP contribution in [0.5, 0.6) is 0 Å². The molecular formula is C16H15BrN2O3S. The minimum absolute atomic E-state index is 0.0957. The van der Waals surface area contributed by atoms with Crippen molar-refractivity contribution in [3.8, 4) is 0 Å². The fraction of sp³-hybridized carbons (Fsp3) is 0.0625. The Labute approximate surface area is 143 Å². The summed E-state index contributed by atoms with van der Waals surface area (Å²) in [4.78, 5) is 12.2. The third kappa shape index (κ3) is 4.75. The number of benzene rings is 2. The highest BCUT2D eigenvalue weighted by Gasteiger charge is 2.14. The van der Waals surface area contributed by atoms with Crippen LogP contribution in [0.4, 0.5) is 5.69 Å². The maximum atomic E-state index is 12.2. The van der Waals surface area contributed by atoms with Crippen molar-refractivity contribution < 1.29 is 13.2 Å². The fourth-order valence-corrected chi connectivity index (χ4v) is 3.20. The monoisotopic (exact) mass is 394 g/mol. The highest BCUT2D eigenvalue weighted by molar-refractivity contribution is 9.10. The quantitative estimate of drug-likeness (QED) is 0.738. The van der Waals surface area contributed by atoms with Crippen molar-refractivity contribution in [1.82, 2.24) is 4.72 Å². The van der Waals surface area contributed by atoms with Gasteiger partial charge in [-0.25, -0.2) is 13.1 Å².